The molecular formula is C16H22N2S. The van der Waals surface area contributed by atoms with E-state index in [4.69, 9.17) is 0 Å². The number of para-hydroxylation sites is 1. The summed E-state index contributed by atoms with van der Waals surface area (Å²) >= 11 is 2.07. The van der Waals surface area contributed by atoms with Crippen LogP contribution in [0.5, 0.6) is 0 Å². The smallest absolute Gasteiger partial charge is 0.0486 e. The second kappa shape index (κ2) is 5.22. The molecule has 2 aromatic rings. The SMILES string of the molecule is C[C@H](Cn1c2c(c3ccccc31)CSCC2)N(C)C. The molecule has 2 heterocycles. The second-order valence-corrected chi connectivity index (χ2v) is 6.77. The van der Waals surface area contributed by atoms with Gasteiger partial charge in [-0.15, -0.1) is 0 Å². The van der Waals surface area contributed by atoms with Crippen molar-refractivity contribution in [3.8, 4) is 0 Å². The van der Waals surface area contributed by atoms with Gasteiger partial charge in [-0.3, -0.25) is 0 Å². The molecule has 0 saturated heterocycles. The van der Waals surface area contributed by atoms with E-state index in [-0.39, 0.29) is 0 Å². The van der Waals surface area contributed by atoms with Crippen LogP contribution in [0, 0.1) is 0 Å². The highest BCUT2D eigenvalue weighted by molar-refractivity contribution is 7.98. The van der Waals surface area contributed by atoms with Crippen molar-refractivity contribution in [3.05, 3.63) is 35.5 Å². The van der Waals surface area contributed by atoms with E-state index < -0.39 is 0 Å². The second-order valence-electron chi connectivity index (χ2n) is 5.67. The maximum Gasteiger partial charge on any atom is 0.0486 e. The van der Waals surface area contributed by atoms with Gasteiger partial charge >= 0.3 is 0 Å². The van der Waals surface area contributed by atoms with Crippen LogP contribution in [0.2, 0.25) is 0 Å². The van der Waals surface area contributed by atoms with Crippen LogP contribution in [0.15, 0.2) is 24.3 Å². The fourth-order valence-corrected chi connectivity index (χ4v) is 3.86. The number of aromatic nitrogens is 1. The van der Waals surface area contributed by atoms with Crippen LogP contribution < -0.4 is 0 Å². The molecule has 0 spiro atoms. The molecule has 0 N–H and O–H groups in total. The Labute approximate surface area is 119 Å². The Balaban J connectivity index is 2.11. The first-order chi connectivity index (χ1) is 9.18. The first-order valence-corrected chi connectivity index (χ1v) is 8.17. The third-order valence-corrected chi connectivity index (χ3v) is 5.24. The Morgan fingerprint density at radius 2 is 2.11 bits per heavy atom. The number of fused-ring (bicyclic) bond motifs is 3. The van der Waals surface area contributed by atoms with Crippen LogP contribution in [0.25, 0.3) is 10.9 Å². The Hall–Kier alpha value is -0.930. The minimum atomic E-state index is 0.564. The van der Waals surface area contributed by atoms with Crippen molar-refractivity contribution in [2.75, 3.05) is 19.8 Å². The van der Waals surface area contributed by atoms with Crippen LogP contribution in [-0.4, -0.2) is 35.4 Å². The summed E-state index contributed by atoms with van der Waals surface area (Å²) in [5.41, 5.74) is 4.58. The molecule has 3 rings (SSSR count). The van der Waals surface area contributed by atoms with E-state index in [2.05, 4.69) is 66.5 Å². The first-order valence-electron chi connectivity index (χ1n) is 7.01. The normalized spacial score (nSPS) is 16.8. The van der Waals surface area contributed by atoms with Gasteiger partial charge < -0.3 is 9.47 Å². The Kier molecular flexibility index (Phi) is 3.59. The van der Waals surface area contributed by atoms with Gasteiger partial charge in [-0.05, 0) is 44.8 Å². The summed E-state index contributed by atoms with van der Waals surface area (Å²) in [6, 6.07) is 9.46. The highest BCUT2D eigenvalue weighted by Crippen LogP contribution is 2.34. The summed E-state index contributed by atoms with van der Waals surface area (Å²) in [6.07, 6.45) is 1.22. The van der Waals surface area contributed by atoms with E-state index in [1.807, 2.05) is 0 Å². The van der Waals surface area contributed by atoms with Crippen LogP contribution in [0.1, 0.15) is 18.2 Å². The monoisotopic (exact) mass is 274 g/mol. The lowest BCUT2D eigenvalue weighted by atomic mass is 10.1. The van der Waals surface area contributed by atoms with Crippen molar-refractivity contribution >= 4 is 22.7 Å². The van der Waals surface area contributed by atoms with Crippen molar-refractivity contribution in [1.82, 2.24) is 9.47 Å². The number of likely N-dealkylation sites (N-methyl/N-ethyl adjacent to an activating group) is 1. The van der Waals surface area contributed by atoms with E-state index in [1.54, 1.807) is 11.3 Å². The Morgan fingerprint density at radius 3 is 2.89 bits per heavy atom. The summed E-state index contributed by atoms with van der Waals surface area (Å²) in [5, 5.41) is 1.47. The molecule has 1 aliphatic rings. The molecule has 1 aromatic carbocycles. The first kappa shape index (κ1) is 13.1. The molecule has 0 saturated carbocycles. The molecule has 3 heteroatoms. The van der Waals surface area contributed by atoms with Crippen molar-refractivity contribution in [2.45, 2.75) is 31.7 Å². The van der Waals surface area contributed by atoms with Crippen molar-refractivity contribution in [2.24, 2.45) is 0 Å². The standard InChI is InChI=1S/C16H22N2S/c1-12(17(2)3)10-18-15-7-5-4-6-13(15)14-11-19-9-8-16(14)18/h4-7,12H,8-11H2,1-3H3/t12-/m1/s1. The van der Waals surface area contributed by atoms with Gasteiger partial charge in [-0.25, -0.2) is 0 Å². The summed E-state index contributed by atoms with van der Waals surface area (Å²) in [4.78, 5) is 2.30. The Morgan fingerprint density at radius 1 is 1.32 bits per heavy atom. The van der Waals surface area contributed by atoms with E-state index in [9.17, 15) is 0 Å². The third kappa shape index (κ3) is 2.30. The topological polar surface area (TPSA) is 8.17 Å². The number of thioether (sulfide) groups is 1. The zero-order chi connectivity index (χ0) is 13.4. The maximum atomic E-state index is 2.56. The predicted octanol–water partition coefficient (Wildman–Crippen LogP) is 3.38. The lowest BCUT2D eigenvalue weighted by Gasteiger charge is -2.23. The van der Waals surface area contributed by atoms with Gasteiger partial charge in [-0.1, -0.05) is 18.2 Å². The molecule has 1 aliphatic heterocycles. The van der Waals surface area contributed by atoms with Gasteiger partial charge in [0.1, 0.15) is 0 Å². The van der Waals surface area contributed by atoms with Gasteiger partial charge in [0.15, 0.2) is 0 Å². The molecule has 102 valence electrons. The highest BCUT2D eigenvalue weighted by atomic mass is 32.2. The summed E-state index contributed by atoms with van der Waals surface area (Å²) in [5.74, 6) is 2.44. The van der Waals surface area contributed by atoms with E-state index in [1.165, 1.54) is 28.8 Å². The quantitative estimate of drug-likeness (QED) is 0.848. The summed E-state index contributed by atoms with van der Waals surface area (Å²) in [6.45, 7) is 3.40. The lowest BCUT2D eigenvalue weighted by molar-refractivity contribution is 0.284. The van der Waals surface area contributed by atoms with Crippen molar-refractivity contribution < 1.29 is 0 Å². The minimum Gasteiger partial charge on any atom is -0.343 e. The molecule has 0 fully saturated rings. The van der Waals surface area contributed by atoms with Gasteiger partial charge in [0.05, 0.1) is 0 Å². The van der Waals surface area contributed by atoms with E-state index >= 15 is 0 Å². The number of nitrogens with zero attached hydrogens (tertiary/aromatic N) is 2. The zero-order valence-electron chi connectivity index (χ0n) is 12.0. The van der Waals surface area contributed by atoms with Crippen LogP contribution in [0.3, 0.4) is 0 Å². The zero-order valence-corrected chi connectivity index (χ0v) is 12.8. The molecule has 19 heavy (non-hydrogen) atoms. The molecule has 1 aromatic heterocycles. The largest absolute Gasteiger partial charge is 0.343 e. The summed E-state index contributed by atoms with van der Waals surface area (Å²) < 4.78 is 2.56. The third-order valence-electron chi connectivity index (χ3n) is 4.25. The van der Waals surface area contributed by atoms with Crippen molar-refractivity contribution in [1.29, 1.82) is 0 Å². The molecular weight excluding hydrogens is 252 g/mol. The average Bonchev–Trinajstić information content (AvgIpc) is 2.74. The Bertz CT molecular complexity index is 586. The highest BCUT2D eigenvalue weighted by Gasteiger charge is 2.21. The number of rotatable bonds is 3. The molecule has 0 amide bonds. The lowest BCUT2D eigenvalue weighted by Crippen LogP contribution is -2.30. The average molecular weight is 274 g/mol. The van der Waals surface area contributed by atoms with Gasteiger partial charge in [0.25, 0.3) is 0 Å². The molecule has 0 aliphatic carbocycles. The van der Waals surface area contributed by atoms with Gasteiger partial charge in [0.2, 0.25) is 0 Å². The number of hydrogen-bond donors (Lipinski definition) is 0. The van der Waals surface area contributed by atoms with Crippen molar-refractivity contribution in [3.63, 3.8) is 0 Å². The minimum absolute atomic E-state index is 0.564. The number of benzene rings is 1. The van der Waals surface area contributed by atoms with Crippen LogP contribution in [0.4, 0.5) is 0 Å². The molecule has 0 bridgehead atoms. The number of hydrogen-bond acceptors (Lipinski definition) is 2. The molecule has 1 atom stereocenters. The fourth-order valence-electron chi connectivity index (χ4n) is 2.85. The molecule has 0 radical (unpaired) electrons. The van der Waals surface area contributed by atoms with Crippen LogP contribution >= 0.6 is 11.8 Å². The summed E-state index contributed by atoms with van der Waals surface area (Å²) in [7, 11) is 4.33. The van der Waals surface area contributed by atoms with Gasteiger partial charge in [0, 0.05) is 34.9 Å². The fraction of sp³-hybridized carbons (Fsp3) is 0.500. The molecule has 0 unspecified atom stereocenters. The molecule has 2 nitrogen and oxygen atoms in total. The van der Waals surface area contributed by atoms with E-state index in [0.29, 0.717) is 6.04 Å². The maximum absolute atomic E-state index is 2.56. The predicted molar refractivity (Wildman–Crippen MR) is 85.0 cm³/mol. The van der Waals surface area contributed by atoms with Crippen LogP contribution in [-0.2, 0) is 18.7 Å². The van der Waals surface area contributed by atoms with Gasteiger partial charge in [-0.2, -0.15) is 11.8 Å². The van der Waals surface area contributed by atoms with E-state index in [0.717, 1.165) is 6.54 Å².